The fraction of sp³-hybridized carbons (Fsp3) is 0.929. The molecule has 1 atom stereocenters. The van der Waals surface area contributed by atoms with E-state index in [9.17, 15) is 4.79 Å². The van der Waals surface area contributed by atoms with Gasteiger partial charge >= 0.3 is 6.09 Å². The van der Waals surface area contributed by atoms with Crippen LogP contribution in [0.4, 0.5) is 4.79 Å². The Balaban J connectivity index is 1.84. The highest BCUT2D eigenvalue weighted by atomic mass is 16.6. The van der Waals surface area contributed by atoms with Gasteiger partial charge in [0.15, 0.2) is 0 Å². The average molecular weight is 254 g/mol. The van der Waals surface area contributed by atoms with Gasteiger partial charge in [0.25, 0.3) is 0 Å². The second-order valence-corrected chi connectivity index (χ2v) is 5.46. The number of nitrogens with zero attached hydrogens (tertiary/aromatic N) is 1. The zero-order chi connectivity index (χ0) is 12.8. The number of piperidine rings is 1. The van der Waals surface area contributed by atoms with Crippen LogP contribution in [0, 0.1) is 5.92 Å². The summed E-state index contributed by atoms with van der Waals surface area (Å²) in [6.45, 7) is 5.77. The average Bonchev–Trinajstić information content (AvgIpc) is 2.89. The molecule has 2 fully saturated rings. The molecule has 0 radical (unpaired) electrons. The van der Waals surface area contributed by atoms with Gasteiger partial charge in [-0.15, -0.1) is 0 Å². The first-order chi connectivity index (χ1) is 8.83. The first-order valence-electron chi connectivity index (χ1n) is 7.47. The number of hydrogen-bond acceptors (Lipinski definition) is 3. The Labute approximate surface area is 110 Å². The van der Waals surface area contributed by atoms with Crippen molar-refractivity contribution in [3.63, 3.8) is 0 Å². The molecule has 4 heteroatoms. The van der Waals surface area contributed by atoms with Crippen molar-refractivity contribution in [2.24, 2.45) is 5.92 Å². The number of unbranched alkanes of at least 4 members (excludes halogenated alkanes) is 1. The number of likely N-dealkylation sites (tertiary alicyclic amines) is 1. The molecule has 0 spiro atoms. The minimum Gasteiger partial charge on any atom is -0.449 e. The number of carbonyl (C=O) groups excluding carboxylic acids is 1. The molecule has 4 nitrogen and oxygen atoms in total. The first kappa shape index (κ1) is 13.7. The van der Waals surface area contributed by atoms with E-state index in [4.69, 9.17) is 4.74 Å². The van der Waals surface area contributed by atoms with Crippen molar-refractivity contribution in [2.75, 3.05) is 26.2 Å². The van der Waals surface area contributed by atoms with Crippen LogP contribution in [0.15, 0.2) is 0 Å². The predicted octanol–water partition coefficient (Wildman–Crippen LogP) is 2.39. The summed E-state index contributed by atoms with van der Waals surface area (Å²) in [6.07, 6.45) is 6.66. The van der Waals surface area contributed by atoms with Gasteiger partial charge in [-0.25, -0.2) is 4.79 Å². The molecule has 2 saturated heterocycles. The van der Waals surface area contributed by atoms with Crippen molar-refractivity contribution in [1.82, 2.24) is 10.2 Å². The van der Waals surface area contributed by atoms with Crippen LogP contribution in [0.2, 0.25) is 0 Å². The Morgan fingerprint density at radius 3 is 2.83 bits per heavy atom. The highest BCUT2D eigenvalue weighted by Crippen LogP contribution is 2.29. The topological polar surface area (TPSA) is 41.6 Å². The monoisotopic (exact) mass is 254 g/mol. The standard InChI is InChI=1S/C14H26N2O2/c1-2-3-11-18-14(17)16-10-4-5-13(16)12-6-8-15-9-7-12/h12-13,15H,2-11H2,1H3. The summed E-state index contributed by atoms with van der Waals surface area (Å²) in [7, 11) is 0. The van der Waals surface area contributed by atoms with Gasteiger partial charge in [0.2, 0.25) is 0 Å². The molecule has 0 aromatic rings. The molecule has 0 saturated carbocycles. The zero-order valence-corrected chi connectivity index (χ0v) is 11.5. The summed E-state index contributed by atoms with van der Waals surface area (Å²) >= 11 is 0. The number of nitrogens with one attached hydrogen (secondary N) is 1. The van der Waals surface area contributed by atoms with Gasteiger partial charge in [-0.2, -0.15) is 0 Å². The van der Waals surface area contributed by atoms with Crippen molar-refractivity contribution < 1.29 is 9.53 Å². The minimum absolute atomic E-state index is 0.0792. The minimum atomic E-state index is -0.0792. The number of hydrogen-bond donors (Lipinski definition) is 1. The lowest BCUT2D eigenvalue weighted by atomic mass is 9.89. The van der Waals surface area contributed by atoms with Crippen LogP contribution in [0.3, 0.4) is 0 Å². The molecule has 0 aromatic carbocycles. The predicted molar refractivity (Wildman–Crippen MR) is 71.6 cm³/mol. The van der Waals surface area contributed by atoms with E-state index in [0.717, 1.165) is 45.3 Å². The van der Waals surface area contributed by atoms with Crippen LogP contribution in [-0.2, 0) is 4.74 Å². The maximum atomic E-state index is 12.1. The molecule has 1 N–H and O–H groups in total. The van der Waals surface area contributed by atoms with E-state index in [2.05, 4.69) is 12.2 Å². The number of rotatable bonds is 4. The van der Waals surface area contributed by atoms with Crippen LogP contribution in [0.25, 0.3) is 0 Å². The molecule has 2 aliphatic rings. The van der Waals surface area contributed by atoms with E-state index in [1.807, 2.05) is 4.90 Å². The first-order valence-corrected chi connectivity index (χ1v) is 7.47. The van der Waals surface area contributed by atoms with E-state index in [0.29, 0.717) is 18.6 Å². The zero-order valence-electron chi connectivity index (χ0n) is 11.5. The summed E-state index contributed by atoms with van der Waals surface area (Å²) < 4.78 is 5.36. The highest BCUT2D eigenvalue weighted by Gasteiger charge is 2.35. The number of carbonyl (C=O) groups is 1. The maximum Gasteiger partial charge on any atom is 0.410 e. The molecule has 0 aromatic heterocycles. The molecular formula is C14H26N2O2. The Kier molecular flexibility index (Phi) is 5.29. The molecular weight excluding hydrogens is 228 g/mol. The molecule has 0 bridgehead atoms. The van der Waals surface area contributed by atoms with Gasteiger partial charge in [-0.3, -0.25) is 0 Å². The largest absolute Gasteiger partial charge is 0.449 e. The van der Waals surface area contributed by atoms with Gasteiger partial charge in [-0.1, -0.05) is 13.3 Å². The lowest BCUT2D eigenvalue weighted by Crippen LogP contribution is -2.44. The Hall–Kier alpha value is -0.770. The maximum absolute atomic E-state index is 12.1. The molecule has 18 heavy (non-hydrogen) atoms. The number of ether oxygens (including phenoxy) is 1. The fourth-order valence-electron chi connectivity index (χ4n) is 3.13. The SMILES string of the molecule is CCCCOC(=O)N1CCCC1C1CCNCC1. The Morgan fingerprint density at radius 2 is 2.11 bits per heavy atom. The van der Waals surface area contributed by atoms with E-state index in [-0.39, 0.29) is 6.09 Å². The highest BCUT2D eigenvalue weighted by molar-refractivity contribution is 5.68. The van der Waals surface area contributed by atoms with Gasteiger partial charge in [-0.05, 0) is 51.1 Å². The fourth-order valence-corrected chi connectivity index (χ4v) is 3.13. The Bertz CT molecular complexity index is 265. The summed E-state index contributed by atoms with van der Waals surface area (Å²) in [6, 6.07) is 0.432. The third kappa shape index (κ3) is 3.37. The van der Waals surface area contributed by atoms with Crippen LogP contribution >= 0.6 is 0 Å². The molecule has 1 unspecified atom stereocenters. The van der Waals surface area contributed by atoms with Gasteiger partial charge in [0, 0.05) is 12.6 Å². The quantitative estimate of drug-likeness (QED) is 0.783. The summed E-state index contributed by atoms with van der Waals surface area (Å²) in [4.78, 5) is 14.1. The second-order valence-electron chi connectivity index (χ2n) is 5.46. The molecule has 104 valence electrons. The van der Waals surface area contributed by atoms with Crippen LogP contribution in [0.1, 0.15) is 45.4 Å². The Morgan fingerprint density at radius 1 is 1.33 bits per heavy atom. The van der Waals surface area contributed by atoms with Gasteiger partial charge in [0.05, 0.1) is 6.61 Å². The lowest BCUT2D eigenvalue weighted by molar-refractivity contribution is 0.0818. The van der Waals surface area contributed by atoms with Crippen molar-refractivity contribution >= 4 is 6.09 Å². The van der Waals surface area contributed by atoms with Gasteiger partial charge in [0.1, 0.15) is 0 Å². The van der Waals surface area contributed by atoms with E-state index >= 15 is 0 Å². The van der Waals surface area contributed by atoms with Crippen molar-refractivity contribution in [3.8, 4) is 0 Å². The smallest absolute Gasteiger partial charge is 0.410 e. The van der Waals surface area contributed by atoms with Crippen molar-refractivity contribution in [3.05, 3.63) is 0 Å². The lowest BCUT2D eigenvalue weighted by Gasteiger charge is -2.33. The summed E-state index contributed by atoms with van der Waals surface area (Å²) in [5.74, 6) is 0.674. The van der Waals surface area contributed by atoms with Crippen LogP contribution < -0.4 is 5.32 Å². The normalized spacial score (nSPS) is 25.4. The third-order valence-electron chi connectivity index (χ3n) is 4.19. The molecule has 1 amide bonds. The van der Waals surface area contributed by atoms with Gasteiger partial charge < -0.3 is 15.0 Å². The second kappa shape index (κ2) is 6.98. The molecule has 2 aliphatic heterocycles. The van der Waals surface area contributed by atoms with Crippen LogP contribution in [-0.4, -0.2) is 43.3 Å². The van der Waals surface area contributed by atoms with E-state index < -0.39 is 0 Å². The molecule has 2 rings (SSSR count). The molecule has 2 heterocycles. The summed E-state index contributed by atoms with van der Waals surface area (Å²) in [5.41, 5.74) is 0. The van der Waals surface area contributed by atoms with Crippen molar-refractivity contribution in [1.29, 1.82) is 0 Å². The summed E-state index contributed by atoms with van der Waals surface area (Å²) in [5, 5.41) is 3.39. The third-order valence-corrected chi connectivity index (χ3v) is 4.19. The van der Waals surface area contributed by atoms with Crippen molar-refractivity contribution in [2.45, 2.75) is 51.5 Å². The van der Waals surface area contributed by atoms with Crippen LogP contribution in [0.5, 0.6) is 0 Å². The van der Waals surface area contributed by atoms with E-state index in [1.165, 1.54) is 12.8 Å². The number of amides is 1. The molecule has 0 aliphatic carbocycles. The van der Waals surface area contributed by atoms with E-state index in [1.54, 1.807) is 0 Å².